The van der Waals surface area contributed by atoms with E-state index in [0.29, 0.717) is 27.5 Å². The van der Waals surface area contributed by atoms with Crippen molar-refractivity contribution in [2.24, 2.45) is 5.10 Å². The van der Waals surface area contributed by atoms with Gasteiger partial charge in [0.15, 0.2) is 5.75 Å². The molecule has 160 valence electrons. The number of aromatic nitrogens is 2. The summed E-state index contributed by atoms with van der Waals surface area (Å²) in [5.41, 5.74) is 6.56. The largest absolute Gasteiger partial charge is 0.420 e. The molecular weight excluding hydrogens is 432 g/mol. The SMILES string of the molecule is O=C(Oc1c(C=NNc2nc(-c3ccccc3)cs2)ccc2cccnc12)c1ccccc1. The molecule has 0 amide bonds. The summed E-state index contributed by atoms with van der Waals surface area (Å²) in [5.74, 6) is -0.0968. The van der Waals surface area contributed by atoms with Crippen LogP contribution in [-0.4, -0.2) is 22.2 Å². The van der Waals surface area contributed by atoms with Crippen molar-refractivity contribution < 1.29 is 9.53 Å². The summed E-state index contributed by atoms with van der Waals surface area (Å²) in [6.07, 6.45) is 3.27. The summed E-state index contributed by atoms with van der Waals surface area (Å²) in [5, 5.41) is 7.82. The van der Waals surface area contributed by atoms with Crippen molar-refractivity contribution in [1.82, 2.24) is 9.97 Å². The predicted octanol–water partition coefficient (Wildman–Crippen LogP) is 6.02. The van der Waals surface area contributed by atoms with Crippen LogP contribution in [0.2, 0.25) is 0 Å². The maximum absolute atomic E-state index is 12.7. The summed E-state index contributed by atoms with van der Waals surface area (Å²) in [6, 6.07) is 26.3. The second-order valence-electron chi connectivity index (χ2n) is 7.09. The average Bonchev–Trinajstić information content (AvgIpc) is 3.35. The van der Waals surface area contributed by atoms with Crippen molar-refractivity contribution in [1.29, 1.82) is 0 Å². The number of anilines is 1. The Morgan fingerprint density at radius 3 is 2.55 bits per heavy atom. The van der Waals surface area contributed by atoms with Crippen LogP contribution in [-0.2, 0) is 0 Å². The standard InChI is InChI=1S/C26H18N4O2S/c31-25(20-10-5-2-6-11-20)32-24-21(14-13-19-12-7-15-27-23(19)24)16-28-30-26-29-22(17-33-26)18-8-3-1-4-9-18/h1-17H,(H,29,30). The van der Waals surface area contributed by atoms with Gasteiger partial charge in [-0.3, -0.25) is 10.4 Å². The number of nitrogens with zero attached hydrogens (tertiary/aromatic N) is 3. The fraction of sp³-hybridized carbons (Fsp3) is 0. The summed E-state index contributed by atoms with van der Waals surface area (Å²) >= 11 is 1.46. The number of hydrogen-bond acceptors (Lipinski definition) is 7. The number of thiazole rings is 1. The van der Waals surface area contributed by atoms with E-state index in [2.05, 4.69) is 20.5 Å². The summed E-state index contributed by atoms with van der Waals surface area (Å²) in [7, 11) is 0. The number of hydrazone groups is 1. The van der Waals surface area contributed by atoms with Gasteiger partial charge in [0.25, 0.3) is 0 Å². The highest BCUT2D eigenvalue weighted by atomic mass is 32.1. The molecule has 33 heavy (non-hydrogen) atoms. The Bertz CT molecular complexity index is 1430. The van der Waals surface area contributed by atoms with Crippen molar-refractivity contribution in [3.05, 3.63) is 108 Å². The first-order valence-corrected chi connectivity index (χ1v) is 11.1. The Labute approximate surface area is 194 Å². The van der Waals surface area contributed by atoms with Crippen molar-refractivity contribution in [2.45, 2.75) is 0 Å². The highest BCUT2D eigenvalue weighted by Crippen LogP contribution is 2.29. The predicted molar refractivity (Wildman–Crippen MR) is 132 cm³/mol. The topological polar surface area (TPSA) is 76.5 Å². The van der Waals surface area contributed by atoms with Gasteiger partial charge in [-0.1, -0.05) is 60.7 Å². The molecule has 5 aromatic rings. The fourth-order valence-electron chi connectivity index (χ4n) is 3.29. The lowest BCUT2D eigenvalue weighted by molar-refractivity contribution is 0.0736. The Hall–Kier alpha value is -4.36. The number of hydrogen-bond donors (Lipinski definition) is 1. The first kappa shape index (κ1) is 20.5. The maximum Gasteiger partial charge on any atom is 0.343 e. The Morgan fingerprint density at radius 1 is 0.939 bits per heavy atom. The molecule has 6 nitrogen and oxygen atoms in total. The molecule has 0 aliphatic heterocycles. The zero-order valence-corrected chi connectivity index (χ0v) is 18.2. The molecule has 0 bridgehead atoms. The molecule has 0 atom stereocenters. The first-order chi connectivity index (χ1) is 16.3. The van der Waals surface area contributed by atoms with Crippen LogP contribution in [0.1, 0.15) is 15.9 Å². The Morgan fingerprint density at radius 2 is 1.73 bits per heavy atom. The molecule has 0 fully saturated rings. The molecule has 7 heteroatoms. The zero-order chi connectivity index (χ0) is 22.5. The van der Waals surface area contributed by atoms with Gasteiger partial charge >= 0.3 is 5.97 Å². The quantitative estimate of drug-likeness (QED) is 0.148. The third-order valence-corrected chi connectivity index (χ3v) is 5.65. The highest BCUT2D eigenvalue weighted by Gasteiger charge is 2.15. The minimum Gasteiger partial charge on any atom is -0.420 e. The summed E-state index contributed by atoms with van der Waals surface area (Å²) in [4.78, 5) is 21.7. The van der Waals surface area contributed by atoms with E-state index in [1.165, 1.54) is 11.3 Å². The van der Waals surface area contributed by atoms with E-state index in [4.69, 9.17) is 4.74 Å². The number of carbonyl (C=O) groups excluding carboxylic acids is 1. The minimum atomic E-state index is -0.455. The normalized spacial score (nSPS) is 11.0. The molecule has 0 aliphatic rings. The fourth-order valence-corrected chi connectivity index (χ4v) is 3.96. The number of pyridine rings is 1. The molecule has 1 N–H and O–H groups in total. The van der Waals surface area contributed by atoms with Crippen molar-refractivity contribution in [3.63, 3.8) is 0 Å². The molecule has 0 unspecified atom stereocenters. The van der Waals surface area contributed by atoms with E-state index in [1.807, 2.05) is 66.0 Å². The van der Waals surface area contributed by atoms with Gasteiger partial charge in [0.2, 0.25) is 5.13 Å². The molecule has 0 radical (unpaired) electrons. The smallest absolute Gasteiger partial charge is 0.343 e. The number of esters is 1. The summed E-state index contributed by atoms with van der Waals surface area (Å²) in [6.45, 7) is 0. The van der Waals surface area contributed by atoms with Gasteiger partial charge in [-0.05, 0) is 24.3 Å². The number of nitrogens with one attached hydrogen (secondary N) is 1. The lowest BCUT2D eigenvalue weighted by atomic mass is 10.1. The van der Waals surface area contributed by atoms with E-state index < -0.39 is 5.97 Å². The molecule has 5 rings (SSSR count). The maximum atomic E-state index is 12.7. The van der Waals surface area contributed by atoms with Gasteiger partial charge < -0.3 is 4.74 Å². The minimum absolute atomic E-state index is 0.358. The molecule has 0 saturated carbocycles. The van der Waals surface area contributed by atoms with Gasteiger partial charge in [-0.25, -0.2) is 9.78 Å². The van der Waals surface area contributed by atoms with Gasteiger partial charge in [0.05, 0.1) is 17.5 Å². The Balaban J connectivity index is 1.41. The van der Waals surface area contributed by atoms with Crippen LogP contribution in [0.15, 0.2) is 102 Å². The number of fused-ring (bicyclic) bond motifs is 1. The van der Waals surface area contributed by atoms with Crippen molar-refractivity contribution in [2.75, 3.05) is 5.43 Å². The lowest BCUT2D eigenvalue weighted by Crippen LogP contribution is -2.10. The monoisotopic (exact) mass is 450 g/mol. The molecule has 0 saturated heterocycles. The first-order valence-electron chi connectivity index (χ1n) is 10.2. The van der Waals surface area contributed by atoms with E-state index in [0.717, 1.165) is 16.6 Å². The number of rotatable bonds is 6. The van der Waals surface area contributed by atoms with Gasteiger partial charge in [-0.15, -0.1) is 11.3 Å². The second kappa shape index (κ2) is 9.42. The number of carbonyl (C=O) groups is 1. The van der Waals surface area contributed by atoms with Gasteiger partial charge in [0, 0.05) is 28.1 Å². The zero-order valence-electron chi connectivity index (χ0n) is 17.4. The van der Waals surface area contributed by atoms with Gasteiger partial charge in [0.1, 0.15) is 5.52 Å². The van der Waals surface area contributed by atoms with Crippen LogP contribution in [0.3, 0.4) is 0 Å². The molecule has 0 aliphatic carbocycles. The second-order valence-corrected chi connectivity index (χ2v) is 7.95. The van der Waals surface area contributed by atoms with E-state index >= 15 is 0 Å². The van der Waals surface area contributed by atoms with Crippen LogP contribution < -0.4 is 10.2 Å². The average molecular weight is 451 g/mol. The molecular formula is C26H18N4O2S. The van der Waals surface area contributed by atoms with Crippen LogP contribution >= 0.6 is 11.3 Å². The molecule has 0 spiro atoms. The third kappa shape index (κ3) is 4.63. The summed E-state index contributed by atoms with van der Waals surface area (Å²) < 4.78 is 5.78. The van der Waals surface area contributed by atoms with E-state index in [-0.39, 0.29) is 0 Å². The van der Waals surface area contributed by atoms with Crippen LogP contribution in [0.5, 0.6) is 5.75 Å². The number of ether oxygens (including phenoxy) is 1. The van der Waals surface area contributed by atoms with Crippen LogP contribution in [0.25, 0.3) is 22.2 Å². The van der Waals surface area contributed by atoms with Crippen molar-refractivity contribution in [3.8, 4) is 17.0 Å². The Kier molecular flexibility index (Phi) is 5.86. The van der Waals surface area contributed by atoms with Crippen molar-refractivity contribution >= 4 is 39.6 Å². The molecule has 2 aromatic heterocycles. The van der Waals surface area contributed by atoms with E-state index in [9.17, 15) is 4.79 Å². The number of benzene rings is 3. The highest BCUT2D eigenvalue weighted by molar-refractivity contribution is 7.14. The van der Waals surface area contributed by atoms with Crippen LogP contribution in [0.4, 0.5) is 5.13 Å². The van der Waals surface area contributed by atoms with Crippen LogP contribution in [0, 0.1) is 0 Å². The third-order valence-electron chi connectivity index (χ3n) is 4.90. The molecule has 2 heterocycles. The van der Waals surface area contributed by atoms with Gasteiger partial charge in [-0.2, -0.15) is 5.10 Å². The van der Waals surface area contributed by atoms with E-state index in [1.54, 1.807) is 36.7 Å². The lowest BCUT2D eigenvalue weighted by Gasteiger charge is -2.10. The molecule has 3 aromatic carbocycles.